The maximum absolute atomic E-state index is 12.7. The van der Waals surface area contributed by atoms with E-state index in [9.17, 15) is 23.3 Å². The molecule has 1 saturated heterocycles. The zero-order chi connectivity index (χ0) is 22.8. The van der Waals surface area contributed by atoms with E-state index in [0.717, 1.165) is 25.9 Å². The van der Waals surface area contributed by atoms with E-state index in [2.05, 4.69) is 10.0 Å². The lowest BCUT2D eigenvalue weighted by Crippen LogP contribution is -2.40. The molecule has 0 bridgehead atoms. The zero-order valence-electron chi connectivity index (χ0n) is 17.7. The van der Waals surface area contributed by atoms with Gasteiger partial charge in [-0.1, -0.05) is 6.07 Å². The minimum Gasteiger partial charge on any atom is -0.366 e. The lowest BCUT2D eigenvalue weighted by molar-refractivity contribution is -0.384. The number of nitro benzene ring substituents is 1. The molecule has 0 radical (unpaired) electrons. The first kappa shape index (κ1) is 22.7. The van der Waals surface area contributed by atoms with E-state index >= 15 is 0 Å². The first-order valence-electron chi connectivity index (χ1n) is 9.95. The van der Waals surface area contributed by atoms with Gasteiger partial charge in [-0.2, -0.15) is 0 Å². The topological polar surface area (TPSA) is 122 Å². The molecule has 1 aliphatic heterocycles. The van der Waals surface area contributed by atoms with Gasteiger partial charge in [0.2, 0.25) is 10.0 Å². The number of anilines is 2. The zero-order valence-corrected chi connectivity index (χ0v) is 18.5. The van der Waals surface area contributed by atoms with Crippen molar-refractivity contribution in [3.05, 3.63) is 58.1 Å². The average Bonchev–Trinajstić information content (AvgIpc) is 3.20. The van der Waals surface area contributed by atoms with Crippen LogP contribution in [-0.2, 0) is 10.0 Å². The van der Waals surface area contributed by atoms with Gasteiger partial charge in [0.15, 0.2) is 0 Å². The van der Waals surface area contributed by atoms with E-state index < -0.39 is 26.4 Å². The number of hydrogen-bond donors (Lipinski definition) is 2. The van der Waals surface area contributed by atoms with Gasteiger partial charge < -0.3 is 10.2 Å². The van der Waals surface area contributed by atoms with Gasteiger partial charge in [0.05, 0.1) is 9.82 Å². The van der Waals surface area contributed by atoms with Crippen molar-refractivity contribution in [2.45, 2.75) is 44.0 Å². The Bertz CT molecular complexity index is 1100. The maximum Gasteiger partial charge on any atom is 0.293 e. The molecule has 1 heterocycles. The average molecular weight is 447 g/mol. The van der Waals surface area contributed by atoms with Crippen molar-refractivity contribution in [3.8, 4) is 0 Å². The lowest BCUT2D eigenvalue weighted by atomic mass is 10.1. The summed E-state index contributed by atoms with van der Waals surface area (Å²) in [5, 5.41) is 14.2. The Labute approximate surface area is 181 Å². The van der Waals surface area contributed by atoms with Crippen molar-refractivity contribution in [2.75, 3.05) is 23.3 Å². The monoisotopic (exact) mass is 446 g/mol. The van der Waals surface area contributed by atoms with Gasteiger partial charge in [-0.25, -0.2) is 13.1 Å². The third-order valence-corrected chi connectivity index (χ3v) is 6.48. The van der Waals surface area contributed by atoms with E-state index in [1.165, 1.54) is 30.3 Å². The van der Waals surface area contributed by atoms with Crippen LogP contribution in [0.5, 0.6) is 0 Å². The molecule has 2 aromatic carbocycles. The van der Waals surface area contributed by atoms with Crippen molar-refractivity contribution < 1.29 is 18.1 Å². The second-order valence-corrected chi connectivity index (χ2v) is 10.2. The molecule has 0 aliphatic carbocycles. The highest BCUT2D eigenvalue weighted by Crippen LogP contribution is 2.32. The second-order valence-electron chi connectivity index (χ2n) is 8.49. The number of carbonyl (C=O) groups is 1. The Hall–Kier alpha value is -2.98. The molecule has 3 rings (SSSR count). The highest BCUT2D eigenvalue weighted by Gasteiger charge is 2.25. The van der Waals surface area contributed by atoms with Gasteiger partial charge in [-0.15, -0.1) is 0 Å². The molecular weight excluding hydrogens is 420 g/mol. The number of rotatable bonds is 6. The summed E-state index contributed by atoms with van der Waals surface area (Å²) < 4.78 is 27.6. The predicted octanol–water partition coefficient (Wildman–Crippen LogP) is 3.52. The van der Waals surface area contributed by atoms with Crippen LogP contribution in [0.2, 0.25) is 0 Å². The summed E-state index contributed by atoms with van der Waals surface area (Å²) >= 11 is 0. The Kier molecular flexibility index (Phi) is 6.33. The number of nitrogens with zero attached hydrogens (tertiary/aromatic N) is 2. The Morgan fingerprint density at radius 2 is 1.77 bits per heavy atom. The van der Waals surface area contributed by atoms with Crippen LogP contribution in [0, 0.1) is 10.1 Å². The van der Waals surface area contributed by atoms with Crippen LogP contribution in [0.3, 0.4) is 0 Å². The maximum atomic E-state index is 12.7. The number of benzene rings is 2. The quantitative estimate of drug-likeness (QED) is 0.517. The smallest absolute Gasteiger partial charge is 0.293 e. The van der Waals surface area contributed by atoms with Gasteiger partial charge in [-0.3, -0.25) is 14.9 Å². The molecule has 2 N–H and O–H groups in total. The normalized spacial score (nSPS) is 14.5. The summed E-state index contributed by atoms with van der Waals surface area (Å²) in [6.07, 6.45) is 1.95. The highest BCUT2D eigenvalue weighted by atomic mass is 32.2. The molecule has 10 heteroatoms. The van der Waals surface area contributed by atoms with Gasteiger partial charge >= 0.3 is 0 Å². The summed E-state index contributed by atoms with van der Waals surface area (Å²) in [4.78, 5) is 25.7. The SMILES string of the molecule is CC(C)(C)NS(=O)(=O)c1cccc(NC(=O)c2ccc(N3CCCC3)c([N+](=O)[O-])c2)c1. The minimum atomic E-state index is -3.77. The Morgan fingerprint density at radius 3 is 2.39 bits per heavy atom. The number of carbonyl (C=O) groups excluding carboxylic acids is 1. The Morgan fingerprint density at radius 1 is 1.10 bits per heavy atom. The Balaban J connectivity index is 1.83. The van der Waals surface area contributed by atoms with Crippen LogP contribution in [0.15, 0.2) is 47.4 Å². The summed E-state index contributed by atoms with van der Waals surface area (Å²) in [5.41, 5.74) is 0.109. The second kappa shape index (κ2) is 8.64. The molecule has 1 aliphatic rings. The fourth-order valence-electron chi connectivity index (χ4n) is 3.44. The first-order valence-corrected chi connectivity index (χ1v) is 11.4. The number of nitro groups is 1. The molecule has 2 aromatic rings. The summed E-state index contributed by atoms with van der Waals surface area (Å²) in [6.45, 7) is 6.69. The van der Waals surface area contributed by atoms with Crippen molar-refractivity contribution in [1.29, 1.82) is 0 Å². The third kappa shape index (κ3) is 5.59. The standard InChI is InChI=1S/C21H26N4O5S/c1-21(2,3)23-31(29,30)17-8-6-7-16(14-17)22-20(26)15-9-10-18(19(13-15)25(27)28)24-11-4-5-12-24/h6-10,13-14,23H,4-5,11-12H2,1-3H3,(H,22,26). The first-order chi connectivity index (χ1) is 14.5. The van der Waals surface area contributed by atoms with Crippen molar-refractivity contribution in [3.63, 3.8) is 0 Å². The summed E-state index contributed by atoms with van der Waals surface area (Å²) in [5.74, 6) is -0.561. The molecule has 0 spiro atoms. The van der Waals surface area contributed by atoms with Gasteiger partial charge in [-0.05, 0) is 63.9 Å². The molecule has 1 amide bonds. The van der Waals surface area contributed by atoms with E-state index in [-0.39, 0.29) is 21.8 Å². The highest BCUT2D eigenvalue weighted by molar-refractivity contribution is 7.89. The van der Waals surface area contributed by atoms with Crippen LogP contribution >= 0.6 is 0 Å². The van der Waals surface area contributed by atoms with Crippen LogP contribution in [0.25, 0.3) is 0 Å². The van der Waals surface area contributed by atoms with Crippen molar-refractivity contribution in [2.24, 2.45) is 0 Å². The van der Waals surface area contributed by atoms with Crippen LogP contribution in [0.4, 0.5) is 17.1 Å². The van der Waals surface area contributed by atoms with E-state index in [4.69, 9.17) is 0 Å². The number of hydrogen-bond acceptors (Lipinski definition) is 6. The fourth-order valence-corrected chi connectivity index (χ4v) is 4.91. The van der Waals surface area contributed by atoms with Gasteiger partial charge in [0.1, 0.15) is 5.69 Å². The van der Waals surface area contributed by atoms with Gasteiger partial charge in [0.25, 0.3) is 11.6 Å². The molecule has 0 aromatic heterocycles. The molecule has 0 unspecified atom stereocenters. The molecule has 0 saturated carbocycles. The number of sulfonamides is 1. The third-order valence-electron chi connectivity index (χ3n) is 4.72. The molecule has 9 nitrogen and oxygen atoms in total. The number of nitrogens with one attached hydrogen (secondary N) is 2. The molecule has 1 fully saturated rings. The van der Waals surface area contributed by atoms with E-state index in [0.29, 0.717) is 5.69 Å². The van der Waals surface area contributed by atoms with Crippen LogP contribution < -0.4 is 14.9 Å². The van der Waals surface area contributed by atoms with Gasteiger partial charge in [0, 0.05) is 35.9 Å². The minimum absolute atomic E-state index is 0.00980. The van der Waals surface area contributed by atoms with E-state index in [1.54, 1.807) is 32.9 Å². The van der Waals surface area contributed by atoms with E-state index in [1.807, 2.05) is 4.90 Å². The predicted molar refractivity (Wildman–Crippen MR) is 119 cm³/mol. The number of amides is 1. The molecule has 166 valence electrons. The summed E-state index contributed by atoms with van der Waals surface area (Å²) in [6, 6.07) is 10.2. The molecular formula is C21H26N4O5S. The van der Waals surface area contributed by atoms with Crippen LogP contribution in [0.1, 0.15) is 44.0 Å². The van der Waals surface area contributed by atoms with Crippen molar-refractivity contribution in [1.82, 2.24) is 4.72 Å². The van der Waals surface area contributed by atoms with Crippen molar-refractivity contribution >= 4 is 33.0 Å². The molecule has 31 heavy (non-hydrogen) atoms. The largest absolute Gasteiger partial charge is 0.366 e. The fraction of sp³-hybridized carbons (Fsp3) is 0.381. The molecule has 0 atom stereocenters. The summed E-state index contributed by atoms with van der Waals surface area (Å²) in [7, 11) is -3.77. The lowest BCUT2D eigenvalue weighted by Gasteiger charge is -2.20. The van der Waals surface area contributed by atoms with Crippen LogP contribution in [-0.4, -0.2) is 37.9 Å².